The third-order valence-corrected chi connectivity index (χ3v) is 4.76. The van der Waals surface area contributed by atoms with Gasteiger partial charge in [-0.05, 0) is 67.7 Å². The molecular weight excluding hydrogens is 410 g/mol. The number of amides is 2. The highest BCUT2D eigenvalue weighted by Gasteiger charge is 2.13. The van der Waals surface area contributed by atoms with E-state index in [0.717, 1.165) is 10.9 Å². The Hall–Kier alpha value is -3.97. The Morgan fingerprint density at radius 1 is 0.806 bits per heavy atom. The first kappa shape index (κ1) is 20.3. The first-order chi connectivity index (χ1) is 15.0. The van der Waals surface area contributed by atoms with Crippen molar-refractivity contribution in [3.8, 4) is 0 Å². The molecule has 3 N–H and O–H groups in total. The molecule has 0 aliphatic rings. The summed E-state index contributed by atoms with van der Waals surface area (Å²) in [4.78, 5) is 24.7. The van der Waals surface area contributed by atoms with Gasteiger partial charge in [0.15, 0.2) is 10.9 Å². The molecule has 0 bridgehead atoms. The second-order valence-electron chi connectivity index (χ2n) is 6.96. The summed E-state index contributed by atoms with van der Waals surface area (Å²) in [5, 5.41) is 9.37. The van der Waals surface area contributed by atoms with Gasteiger partial charge in [0.05, 0.1) is 0 Å². The summed E-state index contributed by atoms with van der Waals surface area (Å²) in [5.74, 6) is -0.437. The summed E-state index contributed by atoms with van der Waals surface area (Å²) in [6, 6.07) is 23.4. The first-order valence-corrected chi connectivity index (χ1v) is 9.98. The van der Waals surface area contributed by atoms with Gasteiger partial charge in [0, 0.05) is 22.3 Å². The third kappa shape index (κ3) is 4.96. The molecule has 31 heavy (non-hydrogen) atoms. The normalized spacial score (nSPS) is 10.5. The smallest absolute Gasteiger partial charge is 0.293 e. The van der Waals surface area contributed by atoms with E-state index in [1.807, 2.05) is 43.3 Å². The minimum Gasteiger partial charge on any atom is -0.451 e. The van der Waals surface area contributed by atoms with Crippen LogP contribution in [0.4, 0.5) is 11.4 Å². The van der Waals surface area contributed by atoms with Crippen molar-refractivity contribution in [2.24, 2.45) is 0 Å². The molecule has 0 saturated heterocycles. The standard InChI is InChI=1S/C24H19N3O3S/c1-15-5-4-7-17(13-15)22(28)25-18-9-11-19(12-10-18)26-24(31)27-23(29)21-14-16-6-2-3-8-20(16)30-21/h2-14H,1H3,(H,25,28)(H2,26,27,29,31). The number of furan rings is 1. The summed E-state index contributed by atoms with van der Waals surface area (Å²) >= 11 is 5.22. The summed E-state index contributed by atoms with van der Waals surface area (Å²) in [5.41, 5.74) is 3.56. The Labute approximate surface area is 184 Å². The van der Waals surface area contributed by atoms with Gasteiger partial charge in [-0.1, -0.05) is 35.9 Å². The fourth-order valence-electron chi connectivity index (χ4n) is 3.05. The number of thiocarbonyl (C=S) groups is 1. The molecule has 2 amide bonds. The van der Waals surface area contributed by atoms with E-state index in [1.165, 1.54) is 0 Å². The maximum absolute atomic E-state index is 12.4. The predicted octanol–water partition coefficient (Wildman–Crippen LogP) is 5.12. The van der Waals surface area contributed by atoms with Gasteiger partial charge in [0.25, 0.3) is 11.8 Å². The molecule has 0 fully saturated rings. The van der Waals surface area contributed by atoms with Gasteiger partial charge in [0.2, 0.25) is 0 Å². The number of hydrogen-bond donors (Lipinski definition) is 3. The number of hydrogen-bond acceptors (Lipinski definition) is 4. The number of carbonyl (C=O) groups excluding carboxylic acids is 2. The van der Waals surface area contributed by atoms with Crippen LogP contribution >= 0.6 is 12.2 Å². The lowest BCUT2D eigenvalue weighted by Crippen LogP contribution is -2.33. The fraction of sp³-hybridized carbons (Fsp3) is 0.0417. The van der Waals surface area contributed by atoms with E-state index < -0.39 is 5.91 Å². The van der Waals surface area contributed by atoms with E-state index in [2.05, 4.69) is 16.0 Å². The van der Waals surface area contributed by atoms with Gasteiger partial charge in [-0.15, -0.1) is 0 Å². The number of fused-ring (bicyclic) bond motifs is 1. The Kier molecular flexibility index (Phi) is 5.77. The zero-order valence-corrected chi connectivity index (χ0v) is 17.5. The van der Waals surface area contributed by atoms with Crippen molar-refractivity contribution < 1.29 is 14.0 Å². The van der Waals surface area contributed by atoms with Crippen LogP contribution in [-0.4, -0.2) is 16.9 Å². The van der Waals surface area contributed by atoms with Crippen molar-refractivity contribution >= 4 is 51.5 Å². The van der Waals surface area contributed by atoms with E-state index in [9.17, 15) is 9.59 Å². The Morgan fingerprint density at radius 2 is 1.52 bits per heavy atom. The molecular formula is C24H19N3O3S. The van der Waals surface area contributed by atoms with Crippen molar-refractivity contribution in [3.05, 3.63) is 95.7 Å². The van der Waals surface area contributed by atoms with E-state index >= 15 is 0 Å². The average molecular weight is 430 g/mol. The highest BCUT2D eigenvalue weighted by molar-refractivity contribution is 7.80. The Morgan fingerprint density at radius 3 is 2.23 bits per heavy atom. The maximum atomic E-state index is 12.4. The molecule has 4 aromatic rings. The van der Waals surface area contributed by atoms with Crippen molar-refractivity contribution in [1.29, 1.82) is 0 Å². The van der Waals surface area contributed by atoms with Gasteiger partial charge in [-0.3, -0.25) is 14.9 Å². The van der Waals surface area contributed by atoms with Crippen molar-refractivity contribution in [2.75, 3.05) is 10.6 Å². The summed E-state index contributed by atoms with van der Waals surface area (Å²) < 4.78 is 5.54. The summed E-state index contributed by atoms with van der Waals surface area (Å²) in [6.07, 6.45) is 0. The van der Waals surface area contributed by atoms with Crippen LogP contribution in [0.1, 0.15) is 26.5 Å². The molecule has 0 aliphatic heterocycles. The topological polar surface area (TPSA) is 83.4 Å². The molecule has 0 atom stereocenters. The van der Waals surface area contributed by atoms with Crippen molar-refractivity contribution in [1.82, 2.24) is 5.32 Å². The molecule has 3 aromatic carbocycles. The van der Waals surface area contributed by atoms with Gasteiger partial charge in [0.1, 0.15) is 5.58 Å². The molecule has 0 unspecified atom stereocenters. The monoisotopic (exact) mass is 429 g/mol. The van der Waals surface area contributed by atoms with Gasteiger partial charge in [-0.25, -0.2) is 0 Å². The molecule has 0 spiro atoms. The van der Waals surface area contributed by atoms with E-state index in [-0.39, 0.29) is 16.8 Å². The zero-order chi connectivity index (χ0) is 21.8. The molecule has 0 saturated carbocycles. The van der Waals surface area contributed by atoms with Gasteiger partial charge in [-0.2, -0.15) is 0 Å². The zero-order valence-electron chi connectivity index (χ0n) is 16.6. The molecule has 1 heterocycles. The summed E-state index contributed by atoms with van der Waals surface area (Å²) in [6.45, 7) is 1.94. The fourth-order valence-corrected chi connectivity index (χ4v) is 3.26. The molecule has 7 heteroatoms. The highest BCUT2D eigenvalue weighted by Crippen LogP contribution is 2.19. The Balaban J connectivity index is 1.34. The molecule has 6 nitrogen and oxygen atoms in total. The Bertz CT molecular complexity index is 1250. The number of aryl methyl sites for hydroxylation is 1. The highest BCUT2D eigenvalue weighted by atomic mass is 32.1. The van der Waals surface area contributed by atoms with Crippen LogP contribution in [0.2, 0.25) is 0 Å². The number of rotatable bonds is 4. The second-order valence-corrected chi connectivity index (χ2v) is 7.37. The lowest BCUT2D eigenvalue weighted by Gasteiger charge is -2.10. The third-order valence-electron chi connectivity index (χ3n) is 4.56. The van der Waals surface area contributed by atoms with Crippen LogP contribution in [0.5, 0.6) is 0 Å². The van der Waals surface area contributed by atoms with Crippen LogP contribution < -0.4 is 16.0 Å². The van der Waals surface area contributed by atoms with Crippen LogP contribution in [0, 0.1) is 6.92 Å². The maximum Gasteiger partial charge on any atom is 0.293 e. The quantitative estimate of drug-likeness (QED) is 0.392. The number of nitrogens with one attached hydrogen (secondary N) is 3. The number of carbonyl (C=O) groups is 2. The predicted molar refractivity (Wildman–Crippen MR) is 125 cm³/mol. The van der Waals surface area contributed by atoms with Crippen molar-refractivity contribution in [3.63, 3.8) is 0 Å². The minimum absolute atomic E-state index is 0.141. The number of anilines is 2. The van der Waals surface area contributed by atoms with Crippen LogP contribution in [0.25, 0.3) is 11.0 Å². The van der Waals surface area contributed by atoms with E-state index in [4.69, 9.17) is 16.6 Å². The minimum atomic E-state index is -0.435. The summed E-state index contributed by atoms with van der Waals surface area (Å²) in [7, 11) is 0. The van der Waals surface area contributed by atoms with Crippen LogP contribution in [0.3, 0.4) is 0 Å². The average Bonchev–Trinajstić information content (AvgIpc) is 3.19. The molecule has 1 aromatic heterocycles. The van der Waals surface area contributed by atoms with E-state index in [1.54, 1.807) is 42.5 Å². The molecule has 154 valence electrons. The van der Waals surface area contributed by atoms with Gasteiger partial charge >= 0.3 is 0 Å². The number of benzene rings is 3. The molecule has 4 rings (SSSR count). The van der Waals surface area contributed by atoms with Gasteiger partial charge < -0.3 is 15.1 Å². The van der Waals surface area contributed by atoms with Crippen LogP contribution in [0.15, 0.2) is 83.3 Å². The molecule has 0 radical (unpaired) electrons. The number of para-hydroxylation sites is 1. The largest absolute Gasteiger partial charge is 0.451 e. The van der Waals surface area contributed by atoms with Crippen LogP contribution in [-0.2, 0) is 0 Å². The van der Waals surface area contributed by atoms with Crippen molar-refractivity contribution in [2.45, 2.75) is 6.92 Å². The first-order valence-electron chi connectivity index (χ1n) is 9.57. The lowest BCUT2D eigenvalue weighted by molar-refractivity contribution is 0.0952. The lowest BCUT2D eigenvalue weighted by atomic mass is 10.1. The van der Waals surface area contributed by atoms with E-state index in [0.29, 0.717) is 22.5 Å². The second kappa shape index (κ2) is 8.81. The molecule has 0 aliphatic carbocycles. The SMILES string of the molecule is Cc1cccc(C(=O)Nc2ccc(NC(=S)NC(=O)c3cc4ccccc4o3)cc2)c1.